The van der Waals surface area contributed by atoms with Crippen molar-refractivity contribution in [3.05, 3.63) is 12.2 Å². The summed E-state index contributed by atoms with van der Waals surface area (Å²) in [6.45, 7) is 1.96. The quantitative estimate of drug-likeness (QED) is 0.476. The van der Waals surface area contributed by atoms with E-state index < -0.39 is 0 Å². The van der Waals surface area contributed by atoms with E-state index in [0.717, 1.165) is 0 Å². The van der Waals surface area contributed by atoms with Crippen LogP contribution in [0.3, 0.4) is 0 Å². The normalized spacial score (nSPS) is 40.7. The zero-order valence-electron chi connectivity index (χ0n) is 7.27. The Bertz CT molecular complexity index is 274. The van der Waals surface area contributed by atoms with Crippen molar-refractivity contribution in [1.82, 2.24) is 5.32 Å². The molecule has 4 nitrogen and oxygen atoms in total. The Morgan fingerprint density at radius 1 is 1.46 bits per heavy atom. The molecule has 0 aromatic rings. The van der Waals surface area contributed by atoms with Gasteiger partial charge >= 0.3 is 0 Å². The second-order valence-corrected chi connectivity index (χ2v) is 3.46. The van der Waals surface area contributed by atoms with E-state index in [1.165, 1.54) is 0 Å². The highest BCUT2D eigenvalue weighted by molar-refractivity contribution is 5.89. The molecule has 13 heavy (non-hydrogen) atoms. The van der Waals surface area contributed by atoms with E-state index in [4.69, 9.17) is 4.74 Å². The van der Waals surface area contributed by atoms with E-state index in [2.05, 4.69) is 5.32 Å². The molecule has 2 aliphatic heterocycles. The van der Waals surface area contributed by atoms with Crippen molar-refractivity contribution >= 4 is 12.3 Å². The molecule has 2 heterocycles. The number of imide groups is 1. The molecule has 2 rings (SSSR count). The standard InChI is InChI=1S/C9H11NO3/c1-5-6-2-3-7(13-6)8(5)9(12)10-4-11/h2-8H,1H3,(H,10,11,12). The molecule has 1 fully saturated rings. The largest absolute Gasteiger partial charge is 0.366 e. The van der Waals surface area contributed by atoms with Gasteiger partial charge in [-0.25, -0.2) is 0 Å². The van der Waals surface area contributed by atoms with Crippen LogP contribution in [0.15, 0.2) is 12.2 Å². The molecule has 0 saturated carbocycles. The fraction of sp³-hybridized carbons (Fsp3) is 0.556. The second-order valence-electron chi connectivity index (χ2n) is 3.46. The van der Waals surface area contributed by atoms with Gasteiger partial charge in [0.2, 0.25) is 12.3 Å². The smallest absolute Gasteiger partial charge is 0.232 e. The van der Waals surface area contributed by atoms with Crippen LogP contribution in [0.4, 0.5) is 0 Å². The molecule has 2 bridgehead atoms. The van der Waals surface area contributed by atoms with E-state index in [1.807, 2.05) is 19.1 Å². The second kappa shape index (κ2) is 2.96. The summed E-state index contributed by atoms with van der Waals surface area (Å²) in [4.78, 5) is 21.5. The van der Waals surface area contributed by atoms with Crippen LogP contribution in [0.5, 0.6) is 0 Å². The molecule has 2 amide bonds. The van der Waals surface area contributed by atoms with Gasteiger partial charge in [-0.1, -0.05) is 19.1 Å². The van der Waals surface area contributed by atoms with E-state index in [9.17, 15) is 9.59 Å². The highest BCUT2D eigenvalue weighted by atomic mass is 16.5. The lowest BCUT2D eigenvalue weighted by molar-refractivity contribution is -0.129. The SMILES string of the molecule is CC1C2C=CC(O2)C1C(=O)NC=O. The third kappa shape index (κ3) is 1.18. The van der Waals surface area contributed by atoms with Crippen LogP contribution in [0.1, 0.15) is 6.92 Å². The summed E-state index contributed by atoms with van der Waals surface area (Å²) in [5.74, 6) is -0.283. The maximum absolute atomic E-state index is 11.4. The maximum atomic E-state index is 11.4. The number of carbonyl (C=O) groups is 2. The van der Waals surface area contributed by atoms with Crippen molar-refractivity contribution in [3.63, 3.8) is 0 Å². The van der Waals surface area contributed by atoms with Crippen LogP contribution < -0.4 is 5.32 Å². The Hall–Kier alpha value is -1.16. The van der Waals surface area contributed by atoms with Gasteiger partial charge in [0.1, 0.15) is 0 Å². The highest BCUT2D eigenvalue weighted by Gasteiger charge is 2.46. The minimum absolute atomic E-state index is 0.0485. The summed E-state index contributed by atoms with van der Waals surface area (Å²) in [7, 11) is 0. The van der Waals surface area contributed by atoms with Crippen molar-refractivity contribution in [2.75, 3.05) is 0 Å². The molecule has 0 aliphatic carbocycles. The van der Waals surface area contributed by atoms with Crippen molar-refractivity contribution < 1.29 is 14.3 Å². The van der Waals surface area contributed by atoms with Crippen LogP contribution in [-0.4, -0.2) is 24.5 Å². The predicted molar refractivity (Wildman–Crippen MR) is 44.7 cm³/mol. The highest BCUT2D eigenvalue weighted by Crippen LogP contribution is 2.38. The summed E-state index contributed by atoms with van der Waals surface area (Å²) >= 11 is 0. The molecule has 0 spiro atoms. The number of amides is 2. The van der Waals surface area contributed by atoms with Gasteiger partial charge in [0, 0.05) is 5.92 Å². The molecule has 1 saturated heterocycles. The minimum Gasteiger partial charge on any atom is -0.366 e. The third-order valence-corrected chi connectivity index (χ3v) is 2.75. The number of fused-ring (bicyclic) bond motifs is 2. The summed E-state index contributed by atoms with van der Waals surface area (Å²) in [6, 6.07) is 0. The lowest BCUT2D eigenvalue weighted by Crippen LogP contribution is -2.37. The first kappa shape index (κ1) is 8.44. The molecular formula is C9H11NO3. The van der Waals surface area contributed by atoms with Gasteiger partial charge in [-0.15, -0.1) is 0 Å². The molecule has 2 aliphatic rings. The van der Waals surface area contributed by atoms with Crippen LogP contribution in [0.25, 0.3) is 0 Å². The Labute approximate surface area is 75.9 Å². The molecule has 0 radical (unpaired) electrons. The molecule has 70 valence electrons. The fourth-order valence-corrected chi connectivity index (χ4v) is 2.04. The summed E-state index contributed by atoms with van der Waals surface area (Å²) in [5.41, 5.74) is 0. The van der Waals surface area contributed by atoms with Crippen LogP contribution >= 0.6 is 0 Å². The first-order valence-corrected chi connectivity index (χ1v) is 4.32. The van der Waals surface area contributed by atoms with Crippen molar-refractivity contribution in [2.45, 2.75) is 19.1 Å². The Balaban J connectivity index is 2.12. The van der Waals surface area contributed by atoms with Crippen LogP contribution in [0.2, 0.25) is 0 Å². The average Bonchev–Trinajstić information content (AvgIpc) is 2.63. The van der Waals surface area contributed by atoms with Gasteiger partial charge in [-0.2, -0.15) is 0 Å². The number of ether oxygens (including phenoxy) is 1. The number of hydrogen-bond donors (Lipinski definition) is 1. The summed E-state index contributed by atoms with van der Waals surface area (Å²) in [5, 5.41) is 2.17. The van der Waals surface area contributed by atoms with E-state index in [0.29, 0.717) is 6.41 Å². The average molecular weight is 181 g/mol. The number of rotatable bonds is 2. The number of nitrogens with one attached hydrogen (secondary N) is 1. The molecule has 4 unspecified atom stereocenters. The predicted octanol–water partition coefficient (Wildman–Crippen LogP) is -0.152. The molecular weight excluding hydrogens is 170 g/mol. The topological polar surface area (TPSA) is 55.4 Å². The maximum Gasteiger partial charge on any atom is 0.232 e. The van der Waals surface area contributed by atoms with E-state index >= 15 is 0 Å². The lowest BCUT2D eigenvalue weighted by atomic mass is 9.84. The molecule has 4 heteroatoms. The lowest BCUT2D eigenvalue weighted by Gasteiger charge is -2.18. The molecule has 4 atom stereocenters. The van der Waals surface area contributed by atoms with E-state index in [-0.39, 0.29) is 30.0 Å². The van der Waals surface area contributed by atoms with Crippen molar-refractivity contribution in [2.24, 2.45) is 11.8 Å². The minimum atomic E-state index is -0.237. The molecule has 0 aromatic carbocycles. The van der Waals surface area contributed by atoms with Crippen molar-refractivity contribution in [3.8, 4) is 0 Å². The van der Waals surface area contributed by atoms with Gasteiger partial charge in [-0.3, -0.25) is 14.9 Å². The first-order valence-electron chi connectivity index (χ1n) is 4.32. The Kier molecular flexibility index (Phi) is 1.92. The first-order chi connectivity index (χ1) is 6.24. The van der Waals surface area contributed by atoms with Crippen LogP contribution in [0, 0.1) is 11.8 Å². The zero-order valence-corrected chi connectivity index (χ0v) is 7.27. The Morgan fingerprint density at radius 2 is 2.15 bits per heavy atom. The van der Waals surface area contributed by atoms with Crippen LogP contribution in [-0.2, 0) is 14.3 Å². The molecule has 0 aromatic heterocycles. The zero-order chi connectivity index (χ0) is 9.42. The van der Waals surface area contributed by atoms with Gasteiger partial charge in [-0.05, 0) is 0 Å². The van der Waals surface area contributed by atoms with Gasteiger partial charge in [0.15, 0.2) is 0 Å². The monoisotopic (exact) mass is 181 g/mol. The Morgan fingerprint density at radius 3 is 2.69 bits per heavy atom. The van der Waals surface area contributed by atoms with Gasteiger partial charge in [0.25, 0.3) is 0 Å². The van der Waals surface area contributed by atoms with Gasteiger partial charge in [0.05, 0.1) is 18.1 Å². The third-order valence-electron chi connectivity index (χ3n) is 2.75. The summed E-state index contributed by atoms with van der Waals surface area (Å²) < 4.78 is 5.48. The van der Waals surface area contributed by atoms with E-state index in [1.54, 1.807) is 0 Å². The van der Waals surface area contributed by atoms with Gasteiger partial charge < -0.3 is 4.74 Å². The number of hydrogen-bond acceptors (Lipinski definition) is 3. The number of carbonyl (C=O) groups excluding carboxylic acids is 2. The summed E-state index contributed by atoms with van der Waals surface area (Å²) in [6.07, 6.45) is 4.19. The van der Waals surface area contributed by atoms with Crippen molar-refractivity contribution in [1.29, 1.82) is 0 Å². The fourth-order valence-electron chi connectivity index (χ4n) is 2.04. The molecule has 1 N–H and O–H groups in total.